The summed E-state index contributed by atoms with van der Waals surface area (Å²) in [5.41, 5.74) is 8.10. The van der Waals surface area contributed by atoms with Crippen molar-refractivity contribution in [3.8, 4) is 0 Å². The Balaban J connectivity index is 1.68. The van der Waals surface area contributed by atoms with Crippen LogP contribution in [-0.2, 0) is 19.4 Å². The number of nitro groups is 1. The van der Waals surface area contributed by atoms with Gasteiger partial charge in [-0.1, -0.05) is 0 Å². The van der Waals surface area contributed by atoms with Gasteiger partial charge in [0, 0.05) is 28.1 Å². The molecule has 1 aliphatic carbocycles. The molecule has 6 heteroatoms. The van der Waals surface area contributed by atoms with Crippen molar-refractivity contribution in [1.82, 2.24) is 0 Å². The fraction of sp³-hybridized carbons (Fsp3) is 0.286. The SMILES string of the molecule is Nc1cc(NCc2cc3c(s2)CCC3)ccc1[N+](=O)[O-]. The number of hydrogen-bond donors (Lipinski definition) is 2. The molecule has 0 bridgehead atoms. The van der Waals surface area contributed by atoms with Crippen LogP contribution in [0, 0.1) is 10.1 Å². The van der Waals surface area contributed by atoms with Gasteiger partial charge in [0.05, 0.1) is 4.92 Å². The smallest absolute Gasteiger partial charge is 0.292 e. The Hall–Kier alpha value is -2.08. The first-order valence-electron chi connectivity index (χ1n) is 6.52. The van der Waals surface area contributed by atoms with Crippen LogP contribution in [0.4, 0.5) is 17.1 Å². The van der Waals surface area contributed by atoms with Crippen LogP contribution in [0.1, 0.15) is 21.7 Å². The molecule has 3 N–H and O–H groups in total. The first kappa shape index (κ1) is 12.9. The van der Waals surface area contributed by atoms with Crippen molar-refractivity contribution < 1.29 is 4.92 Å². The molecule has 1 heterocycles. The van der Waals surface area contributed by atoms with Crippen molar-refractivity contribution in [1.29, 1.82) is 0 Å². The number of aryl methyl sites for hydroxylation is 2. The molecule has 0 saturated carbocycles. The van der Waals surface area contributed by atoms with E-state index in [4.69, 9.17) is 5.73 Å². The first-order valence-corrected chi connectivity index (χ1v) is 7.33. The summed E-state index contributed by atoms with van der Waals surface area (Å²) in [5.74, 6) is 0. The summed E-state index contributed by atoms with van der Waals surface area (Å²) in [7, 11) is 0. The second kappa shape index (κ2) is 5.13. The fourth-order valence-electron chi connectivity index (χ4n) is 2.50. The molecule has 0 saturated heterocycles. The number of nitrogen functional groups attached to an aromatic ring is 1. The van der Waals surface area contributed by atoms with Crippen LogP contribution >= 0.6 is 11.3 Å². The van der Waals surface area contributed by atoms with Crippen LogP contribution < -0.4 is 11.1 Å². The van der Waals surface area contributed by atoms with Gasteiger partial charge in [-0.05, 0) is 43.0 Å². The maximum absolute atomic E-state index is 10.7. The molecular weight excluding hydrogens is 274 g/mol. The third-order valence-corrected chi connectivity index (χ3v) is 4.73. The van der Waals surface area contributed by atoms with Gasteiger partial charge in [0.2, 0.25) is 0 Å². The minimum atomic E-state index is -0.469. The minimum absolute atomic E-state index is 0.0503. The van der Waals surface area contributed by atoms with Gasteiger partial charge in [0.1, 0.15) is 5.69 Å². The summed E-state index contributed by atoms with van der Waals surface area (Å²) in [5, 5.41) is 14.0. The molecule has 0 atom stereocenters. The molecule has 1 aromatic heterocycles. The molecule has 20 heavy (non-hydrogen) atoms. The number of anilines is 2. The molecule has 5 nitrogen and oxygen atoms in total. The molecule has 1 aliphatic rings. The Bertz CT molecular complexity index is 645. The van der Waals surface area contributed by atoms with Crippen molar-refractivity contribution in [3.63, 3.8) is 0 Å². The van der Waals surface area contributed by atoms with E-state index in [0.29, 0.717) is 0 Å². The number of thiophene rings is 1. The number of benzene rings is 1. The highest BCUT2D eigenvalue weighted by atomic mass is 32.1. The zero-order chi connectivity index (χ0) is 14.1. The normalized spacial score (nSPS) is 13.2. The molecular formula is C14H15N3O2S. The molecule has 0 amide bonds. The number of fused-ring (bicyclic) bond motifs is 1. The highest BCUT2D eigenvalue weighted by molar-refractivity contribution is 7.12. The summed E-state index contributed by atoms with van der Waals surface area (Å²) in [6, 6.07) is 7.00. The lowest BCUT2D eigenvalue weighted by molar-refractivity contribution is -0.383. The quantitative estimate of drug-likeness (QED) is 0.514. The molecule has 0 radical (unpaired) electrons. The average Bonchev–Trinajstić information content (AvgIpc) is 2.96. The maximum atomic E-state index is 10.7. The Labute approximate surface area is 120 Å². The van der Waals surface area contributed by atoms with Crippen LogP contribution in [0.5, 0.6) is 0 Å². The lowest BCUT2D eigenvalue weighted by Crippen LogP contribution is -2.00. The number of nitro benzene ring substituents is 1. The van der Waals surface area contributed by atoms with Crippen LogP contribution in [0.2, 0.25) is 0 Å². The van der Waals surface area contributed by atoms with E-state index in [-0.39, 0.29) is 11.4 Å². The second-order valence-corrected chi connectivity index (χ2v) is 6.12. The monoisotopic (exact) mass is 289 g/mol. The first-order chi connectivity index (χ1) is 9.63. The van der Waals surface area contributed by atoms with Crippen LogP contribution in [0.25, 0.3) is 0 Å². The highest BCUT2D eigenvalue weighted by Gasteiger charge is 2.15. The Morgan fingerprint density at radius 3 is 2.90 bits per heavy atom. The van der Waals surface area contributed by atoms with Gasteiger partial charge in [0.25, 0.3) is 5.69 Å². The summed E-state index contributed by atoms with van der Waals surface area (Å²) >= 11 is 1.85. The predicted molar refractivity (Wildman–Crippen MR) is 81.2 cm³/mol. The molecule has 0 unspecified atom stereocenters. The maximum Gasteiger partial charge on any atom is 0.292 e. The van der Waals surface area contributed by atoms with Crippen molar-refractivity contribution in [3.05, 3.63) is 49.7 Å². The summed E-state index contributed by atoms with van der Waals surface area (Å²) in [6.45, 7) is 0.731. The molecule has 0 spiro atoms. The van der Waals surface area contributed by atoms with E-state index < -0.39 is 4.92 Å². The average molecular weight is 289 g/mol. The Morgan fingerprint density at radius 1 is 1.35 bits per heavy atom. The number of nitrogens with two attached hydrogens (primary N) is 1. The Morgan fingerprint density at radius 2 is 2.20 bits per heavy atom. The number of nitrogens with zero attached hydrogens (tertiary/aromatic N) is 1. The van der Waals surface area contributed by atoms with Crippen LogP contribution in [-0.4, -0.2) is 4.92 Å². The van der Waals surface area contributed by atoms with E-state index in [9.17, 15) is 10.1 Å². The van der Waals surface area contributed by atoms with Crippen molar-refractivity contribution in [2.24, 2.45) is 0 Å². The van der Waals surface area contributed by atoms with Crippen LogP contribution in [0.3, 0.4) is 0 Å². The van der Waals surface area contributed by atoms with Crippen LogP contribution in [0.15, 0.2) is 24.3 Å². The van der Waals surface area contributed by atoms with E-state index >= 15 is 0 Å². The van der Waals surface area contributed by atoms with Gasteiger partial charge in [0.15, 0.2) is 0 Å². The lowest BCUT2D eigenvalue weighted by atomic mass is 10.2. The van der Waals surface area contributed by atoms with E-state index in [1.165, 1.54) is 40.6 Å². The van der Waals surface area contributed by atoms with Gasteiger partial charge in [-0.3, -0.25) is 10.1 Å². The van der Waals surface area contributed by atoms with Gasteiger partial charge >= 0.3 is 0 Å². The van der Waals surface area contributed by atoms with Gasteiger partial charge in [-0.25, -0.2) is 0 Å². The minimum Gasteiger partial charge on any atom is -0.393 e. The standard InChI is InChI=1S/C14H15N3O2S/c15-12-7-10(4-5-13(12)17(18)19)16-8-11-6-9-2-1-3-14(9)20-11/h4-7,16H,1-3,8,15H2. The van der Waals surface area contributed by atoms with E-state index in [1.807, 2.05) is 11.3 Å². The summed E-state index contributed by atoms with van der Waals surface area (Å²) in [6.07, 6.45) is 3.66. The van der Waals surface area contributed by atoms with E-state index in [0.717, 1.165) is 12.2 Å². The largest absolute Gasteiger partial charge is 0.393 e. The third-order valence-electron chi connectivity index (χ3n) is 3.49. The zero-order valence-electron chi connectivity index (χ0n) is 10.9. The lowest BCUT2D eigenvalue weighted by Gasteiger charge is -2.06. The molecule has 104 valence electrons. The molecule has 0 fully saturated rings. The van der Waals surface area contributed by atoms with Crippen molar-refractivity contribution in [2.75, 3.05) is 11.1 Å². The molecule has 3 rings (SSSR count). The van der Waals surface area contributed by atoms with Gasteiger partial charge in [-0.2, -0.15) is 0 Å². The van der Waals surface area contributed by atoms with Crippen molar-refractivity contribution >= 4 is 28.4 Å². The fourth-order valence-corrected chi connectivity index (χ4v) is 3.70. The Kier molecular flexibility index (Phi) is 3.31. The van der Waals surface area contributed by atoms with Gasteiger partial charge < -0.3 is 11.1 Å². The van der Waals surface area contributed by atoms with E-state index in [2.05, 4.69) is 11.4 Å². The number of nitrogens with one attached hydrogen (secondary N) is 1. The predicted octanol–water partition coefficient (Wildman–Crippen LogP) is 3.34. The van der Waals surface area contributed by atoms with Gasteiger partial charge in [-0.15, -0.1) is 11.3 Å². The number of rotatable bonds is 4. The van der Waals surface area contributed by atoms with Crippen molar-refractivity contribution in [2.45, 2.75) is 25.8 Å². The second-order valence-electron chi connectivity index (χ2n) is 4.90. The number of hydrogen-bond acceptors (Lipinski definition) is 5. The molecule has 0 aliphatic heterocycles. The zero-order valence-corrected chi connectivity index (χ0v) is 11.7. The third kappa shape index (κ3) is 2.46. The topological polar surface area (TPSA) is 81.2 Å². The summed E-state index contributed by atoms with van der Waals surface area (Å²) < 4.78 is 0. The molecule has 2 aromatic rings. The summed E-state index contributed by atoms with van der Waals surface area (Å²) in [4.78, 5) is 13.0. The van der Waals surface area contributed by atoms with E-state index in [1.54, 1.807) is 12.1 Å². The highest BCUT2D eigenvalue weighted by Crippen LogP contribution is 2.31. The molecule has 1 aromatic carbocycles.